The van der Waals surface area contributed by atoms with Crippen molar-refractivity contribution in [2.75, 3.05) is 7.11 Å². The lowest BCUT2D eigenvalue weighted by atomic mass is 10.1. The average molecular weight is 412 g/mol. The van der Waals surface area contributed by atoms with E-state index in [4.69, 9.17) is 9.47 Å². The molecule has 4 aromatic rings. The summed E-state index contributed by atoms with van der Waals surface area (Å²) in [5, 5.41) is 12.0. The van der Waals surface area contributed by atoms with Gasteiger partial charge in [0.1, 0.15) is 12.1 Å². The molecule has 0 aliphatic heterocycles. The third-order valence-corrected chi connectivity index (χ3v) is 4.79. The van der Waals surface area contributed by atoms with Gasteiger partial charge in [0.05, 0.1) is 17.7 Å². The summed E-state index contributed by atoms with van der Waals surface area (Å²) in [4.78, 5) is 15.3. The molecule has 0 aliphatic rings. The van der Waals surface area contributed by atoms with Crippen LogP contribution in [0.25, 0.3) is 23.1 Å². The predicted octanol–water partition coefficient (Wildman–Crippen LogP) is 5.90. The summed E-state index contributed by atoms with van der Waals surface area (Å²) in [5.74, 6) is 1.28. The van der Waals surface area contributed by atoms with E-state index in [0.29, 0.717) is 29.3 Å². The number of benzene rings is 3. The predicted molar refractivity (Wildman–Crippen MR) is 121 cm³/mol. The normalized spacial score (nSPS) is 11.0. The van der Waals surface area contributed by atoms with Gasteiger partial charge in [-0.2, -0.15) is 0 Å². The molecule has 0 saturated heterocycles. The molecule has 1 aromatic heterocycles. The number of pyridine rings is 1. The molecule has 154 valence electrons. The minimum atomic E-state index is -0.414. The van der Waals surface area contributed by atoms with Gasteiger partial charge in [0, 0.05) is 11.5 Å². The molecule has 0 fully saturated rings. The summed E-state index contributed by atoms with van der Waals surface area (Å²) in [6, 6.07) is 24.1. The number of nitrogens with zero attached hydrogens (tertiary/aromatic N) is 2. The average Bonchev–Trinajstić information content (AvgIpc) is 2.81. The molecule has 6 nitrogen and oxygen atoms in total. The van der Waals surface area contributed by atoms with Crippen molar-refractivity contribution in [2.24, 2.45) is 0 Å². The summed E-state index contributed by atoms with van der Waals surface area (Å²) in [6.45, 7) is 0.431. The van der Waals surface area contributed by atoms with E-state index < -0.39 is 4.92 Å². The smallest absolute Gasteiger partial charge is 0.295 e. The Balaban J connectivity index is 1.58. The molecule has 0 aliphatic carbocycles. The summed E-state index contributed by atoms with van der Waals surface area (Å²) in [5.41, 5.74) is 2.95. The molecule has 0 unspecified atom stereocenters. The van der Waals surface area contributed by atoms with Crippen LogP contribution in [-0.2, 0) is 6.61 Å². The largest absolute Gasteiger partial charge is 0.493 e. The van der Waals surface area contributed by atoms with Crippen molar-refractivity contribution in [1.82, 2.24) is 4.98 Å². The molecular weight excluding hydrogens is 392 g/mol. The zero-order valence-electron chi connectivity index (χ0n) is 16.9. The van der Waals surface area contributed by atoms with Gasteiger partial charge in [-0.3, -0.25) is 10.1 Å². The van der Waals surface area contributed by atoms with Crippen LogP contribution >= 0.6 is 0 Å². The molecule has 0 saturated carbocycles. The van der Waals surface area contributed by atoms with E-state index in [2.05, 4.69) is 4.98 Å². The molecule has 6 heteroatoms. The van der Waals surface area contributed by atoms with Gasteiger partial charge in [0.25, 0.3) is 5.69 Å². The Morgan fingerprint density at radius 1 is 0.935 bits per heavy atom. The summed E-state index contributed by atoms with van der Waals surface area (Å²) < 4.78 is 11.4. The van der Waals surface area contributed by atoms with E-state index in [1.54, 1.807) is 13.2 Å². The van der Waals surface area contributed by atoms with Gasteiger partial charge in [-0.05, 0) is 35.4 Å². The van der Waals surface area contributed by atoms with E-state index in [-0.39, 0.29) is 5.69 Å². The standard InChI is InChI=1S/C25H20N2O4/c1-30-23-15-11-18(16-24(23)31-17-19-6-3-2-4-7-19)10-13-21-14-12-20-8-5-9-22(27(28)29)25(20)26-21/h2-16H,17H2,1H3/b13-10+. The minimum Gasteiger partial charge on any atom is -0.493 e. The van der Waals surface area contributed by atoms with Gasteiger partial charge in [0.2, 0.25) is 0 Å². The van der Waals surface area contributed by atoms with Crippen LogP contribution in [0.5, 0.6) is 11.5 Å². The molecular formula is C25H20N2O4. The molecule has 0 atom stereocenters. The van der Waals surface area contributed by atoms with Crippen LogP contribution in [0.15, 0.2) is 78.9 Å². The Morgan fingerprint density at radius 2 is 1.77 bits per heavy atom. The third-order valence-electron chi connectivity index (χ3n) is 4.79. The van der Waals surface area contributed by atoms with E-state index in [0.717, 1.165) is 16.5 Å². The Morgan fingerprint density at radius 3 is 2.55 bits per heavy atom. The number of aromatic nitrogens is 1. The zero-order valence-corrected chi connectivity index (χ0v) is 16.9. The van der Waals surface area contributed by atoms with E-state index in [1.165, 1.54) is 6.07 Å². The highest BCUT2D eigenvalue weighted by Gasteiger charge is 2.12. The Bertz CT molecular complexity index is 1250. The first kappa shape index (κ1) is 20.1. The second kappa shape index (κ2) is 9.09. The molecule has 0 amide bonds. The third kappa shape index (κ3) is 4.70. The zero-order chi connectivity index (χ0) is 21.6. The van der Waals surface area contributed by atoms with Crippen LogP contribution in [0, 0.1) is 10.1 Å². The van der Waals surface area contributed by atoms with Gasteiger partial charge in [0.15, 0.2) is 11.5 Å². The number of nitro benzene ring substituents is 1. The maximum absolute atomic E-state index is 11.3. The molecule has 0 spiro atoms. The SMILES string of the molecule is COc1ccc(/C=C/c2ccc3cccc([N+](=O)[O-])c3n2)cc1OCc1ccccc1. The summed E-state index contributed by atoms with van der Waals surface area (Å²) in [6.07, 6.45) is 3.71. The topological polar surface area (TPSA) is 74.5 Å². The van der Waals surface area contributed by atoms with Crippen molar-refractivity contribution in [3.8, 4) is 11.5 Å². The number of hydrogen-bond acceptors (Lipinski definition) is 5. The molecule has 1 heterocycles. The van der Waals surface area contributed by atoms with Crippen LogP contribution in [0.3, 0.4) is 0 Å². The highest BCUT2D eigenvalue weighted by atomic mass is 16.6. The number of methoxy groups -OCH3 is 1. The van der Waals surface area contributed by atoms with Crippen LogP contribution in [-0.4, -0.2) is 17.0 Å². The Labute approximate surface area is 179 Å². The fraction of sp³-hybridized carbons (Fsp3) is 0.0800. The van der Waals surface area contributed by atoms with Gasteiger partial charge < -0.3 is 9.47 Å². The molecule has 0 bridgehead atoms. The highest BCUT2D eigenvalue weighted by Crippen LogP contribution is 2.30. The molecule has 4 rings (SSSR count). The number of para-hydroxylation sites is 1. The fourth-order valence-corrected chi connectivity index (χ4v) is 3.21. The van der Waals surface area contributed by atoms with Crippen molar-refractivity contribution in [3.05, 3.63) is 106 Å². The quantitative estimate of drug-likeness (QED) is 0.279. The molecule has 3 aromatic carbocycles. The molecule has 0 radical (unpaired) electrons. The van der Waals surface area contributed by atoms with Crippen molar-refractivity contribution < 1.29 is 14.4 Å². The number of ether oxygens (including phenoxy) is 2. The number of nitro groups is 1. The van der Waals surface area contributed by atoms with E-state index in [9.17, 15) is 10.1 Å². The van der Waals surface area contributed by atoms with Gasteiger partial charge in [-0.1, -0.05) is 60.7 Å². The second-order valence-corrected chi connectivity index (χ2v) is 6.86. The Hall–Kier alpha value is -4.19. The lowest BCUT2D eigenvalue weighted by Crippen LogP contribution is -1.97. The Kier molecular flexibility index (Phi) is 5.89. The summed E-state index contributed by atoms with van der Waals surface area (Å²) >= 11 is 0. The highest BCUT2D eigenvalue weighted by molar-refractivity contribution is 5.88. The first-order valence-corrected chi connectivity index (χ1v) is 9.71. The van der Waals surface area contributed by atoms with Gasteiger partial charge in [-0.25, -0.2) is 4.98 Å². The van der Waals surface area contributed by atoms with Crippen LogP contribution in [0.1, 0.15) is 16.8 Å². The fourth-order valence-electron chi connectivity index (χ4n) is 3.21. The first-order valence-electron chi connectivity index (χ1n) is 9.71. The van der Waals surface area contributed by atoms with Crippen molar-refractivity contribution in [3.63, 3.8) is 0 Å². The van der Waals surface area contributed by atoms with Crippen LogP contribution in [0.4, 0.5) is 5.69 Å². The minimum absolute atomic E-state index is 0.00574. The monoisotopic (exact) mass is 412 g/mol. The van der Waals surface area contributed by atoms with Crippen molar-refractivity contribution >= 4 is 28.7 Å². The van der Waals surface area contributed by atoms with Crippen molar-refractivity contribution in [2.45, 2.75) is 6.61 Å². The van der Waals surface area contributed by atoms with E-state index in [1.807, 2.05) is 78.9 Å². The molecule has 31 heavy (non-hydrogen) atoms. The maximum Gasteiger partial charge on any atom is 0.295 e. The van der Waals surface area contributed by atoms with Crippen LogP contribution < -0.4 is 9.47 Å². The number of hydrogen-bond donors (Lipinski definition) is 0. The second-order valence-electron chi connectivity index (χ2n) is 6.86. The van der Waals surface area contributed by atoms with Crippen molar-refractivity contribution in [1.29, 1.82) is 0 Å². The van der Waals surface area contributed by atoms with Crippen LogP contribution in [0.2, 0.25) is 0 Å². The lowest BCUT2D eigenvalue weighted by molar-refractivity contribution is -0.383. The maximum atomic E-state index is 11.3. The van der Waals surface area contributed by atoms with Gasteiger partial charge >= 0.3 is 0 Å². The lowest BCUT2D eigenvalue weighted by Gasteiger charge is -2.11. The van der Waals surface area contributed by atoms with Gasteiger partial charge in [-0.15, -0.1) is 0 Å². The van der Waals surface area contributed by atoms with E-state index >= 15 is 0 Å². The number of fused-ring (bicyclic) bond motifs is 1. The number of rotatable bonds is 7. The molecule has 0 N–H and O–H groups in total. The summed E-state index contributed by atoms with van der Waals surface area (Å²) in [7, 11) is 1.60. The first-order chi connectivity index (χ1) is 15.1. The number of non-ortho nitro benzene ring substituents is 1.